The van der Waals surface area contributed by atoms with Crippen LogP contribution in [0, 0.1) is 5.92 Å². The summed E-state index contributed by atoms with van der Waals surface area (Å²) in [5, 5.41) is 1.21. The molecule has 0 radical (unpaired) electrons. The summed E-state index contributed by atoms with van der Waals surface area (Å²) in [5.41, 5.74) is 3.51. The molecule has 1 aliphatic carbocycles. The van der Waals surface area contributed by atoms with Gasteiger partial charge in [0.2, 0.25) is 0 Å². The molecule has 28 heavy (non-hydrogen) atoms. The maximum absolute atomic E-state index is 4.69. The van der Waals surface area contributed by atoms with Crippen LogP contribution in [0.5, 0.6) is 0 Å². The Balaban J connectivity index is 1.40. The van der Waals surface area contributed by atoms with Gasteiger partial charge in [0.25, 0.3) is 0 Å². The van der Waals surface area contributed by atoms with Gasteiger partial charge in [0.1, 0.15) is 0 Å². The second-order valence-corrected chi connectivity index (χ2v) is 8.23. The van der Waals surface area contributed by atoms with E-state index in [2.05, 4.69) is 65.6 Å². The summed E-state index contributed by atoms with van der Waals surface area (Å²) in [6.45, 7) is 1.05. The molecular formula is C26H32N2. The number of fused-ring (bicyclic) bond motifs is 1. The fraction of sp³-hybridized carbons (Fsp3) is 0.423. The Labute approximate surface area is 169 Å². The van der Waals surface area contributed by atoms with Crippen LogP contribution in [0.2, 0.25) is 0 Å². The molecule has 0 amide bonds. The molecule has 0 N–H and O–H groups in total. The highest BCUT2D eigenvalue weighted by atomic mass is 15.1. The third kappa shape index (κ3) is 4.92. The molecule has 0 saturated heterocycles. The van der Waals surface area contributed by atoms with Crippen molar-refractivity contribution in [3.63, 3.8) is 0 Å². The first kappa shape index (κ1) is 19.0. The summed E-state index contributed by atoms with van der Waals surface area (Å²) < 4.78 is 0. The van der Waals surface area contributed by atoms with E-state index in [1.165, 1.54) is 74.5 Å². The predicted molar refractivity (Wildman–Crippen MR) is 120 cm³/mol. The maximum atomic E-state index is 4.69. The molecule has 1 saturated carbocycles. The smallest absolute Gasteiger partial charge is 0.0703 e. The van der Waals surface area contributed by atoms with Crippen molar-refractivity contribution >= 4 is 22.3 Å². The Kier molecular flexibility index (Phi) is 6.60. The van der Waals surface area contributed by atoms with E-state index < -0.39 is 0 Å². The molecule has 0 aliphatic heterocycles. The molecular weight excluding hydrogens is 340 g/mol. The van der Waals surface area contributed by atoms with Crippen molar-refractivity contribution in [2.24, 2.45) is 5.92 Å². The Morgan fingerprint density at radius 1 is 0.786 bits per heavy atom. The third-order valence-corrected chi connectivity index (χ3v) is 6.17. The number of benzene rings is 2. The topological polar surface area (TPSA) is 16.1 Å². The van der Waals surface area contributed by atoms with E-state index in [9.17, 15) is 0 Å². The van der Waals surface area contributed by atoms with E-state index in [1.807, 2.05) is 6.20 Å². The maximum Gasteiger partial charge on any atom is 0.0703 e. The zero-order chi connectivity index (χ0) is 19.0. The minimum absolute atomic E-state index is 1.00. The van der Waals surface area contributed by atoms with Crippen molar-refractivity contribution in [2.45, 2.75) is 57.8 Å². The summed E-state index contributed by atoms with van der Waals surface area (Å²) in [6, 6.07) is 21.4. The lowest BCUT2D eigenvalue weighted by atomic mass is 9.85. The number of unbranched alkanes of at least 4 members (excludes halogenated alkanes) is 2. The number of anilines is 2. The molecule has 146 valence electrons. The van der Waals surface area contributed by atoms with E-state index >= 15 is 0 Å². The second-order valence-electron chi connectivity index (χ2n) is 8.23. The van der Waals surface area contributed by atoms with E-state index in [1.54, 1.807) is 0 Å². The Morgan fingerprint density at radius 3 is 2.43 bits per heavy atom. The fourth-order valence-corrected chi connectivity index (χ4v) is 4.58. The van der Waals surface area contributed by atoms with Gasteiger partial charge in [-0.05, 0) is 36.6 Å². The van der Waals surface area contributed by atoms with Crippen molar-refractivity contribution in [3.05, 3.63) is 66.9 Å². The molecule has 0 unspecified atom stereocenters. The zero-order valence-electron chi connectivity index (χ0n) is 16.9. The van der Waals surface area contributed by atoms with Crippen molar-refractivity contribution in [2.75, 3.05) is 11.4 Å². The van der Waals surface area contributed by atoms with E-state index in [0.717, 1.165) is 18.0 Å². The highest BCUT2D eigenvalue weighted by Crippen LogP contribution is 2.30. The highest BCUT2D eigenvalue weighted by Gasteiger charge is 2.13. The van der Waals surface area contributed by atoms with Gasteiger partial charge in [0, 0.05) is 17.6 Å². The minimum Gasteiger partial charge on any atom is -0.340 e. The number of hydrogen-bond donors (Lipinski definition) is 0. The largest absolute Gasteiger partial charge is 0.340 e. The Bertz CT molecular complexity index is 852. The van der Waals surface area contributed by atoms with Crippen molar-refractivity contribution < 1.29 is 0 Å². The van der Waals surface area contributed by atoms with Gasteiger partial charge in [0.05, 0.1) is 17.4 Å². The summed E-state index contributed by atoms with van der Waals surface area (Å²) in [7, 11) is 0. The van der Waals surface area contributed by atoms with Crippen molar-refractivity contribution in [1.29, 1.82) is 0 Å². The van der Waals surface area contributed by atoms with Gasteiger partial charge < -0.3 is 4.90 Å². The van der Waals surface area contributed by atoms with Crippen LogP contribution in [0.4, 0.5) is 11.4 Å². The number of para-hydroxylation sites is 2. The molecule has 1 aromatic heterocycles. The quantitative estimate of drug-likeness (QED) is 0.380. The minimum atomic E-state index is 1.00. The van der Waals surface area contributed by atoms with Crippen LogP contribution in [-0.2, 0) is 0 Å². The molecule has 4 rings (SSSR count). The standard InChI is InChI=1S/C26H32N2/c1-4-12-22(13-5-1)14-6-3-11-19-28(24-16-7-2-8-17-24)25-20-23-15-9-10-18-26(23)27-21-25/h2,7-10,15-18,20-22H,1,3-6,11-14,19H2. The first-order chi connectivity index (χ1) is 13.9. The average Bonchev–Trinajstić information content (AvgIpc) is 2.77. The van der Waals surface area contributed by atoms with Gasteiger partial charge in [-0.2, -0.15) is 0 Å². The SMILES string of the molecule is c1ccc(N(CCCCCC2CCCCC2)c2cnc3ccccc3c2)cc1. The molecule has 1 aliphatic rings. The summed E-state index contributed by atoms with van der Waals surface area (Å²) in [5.74, 6) is 1.00. The summed E-state index contributed by atoms with van der Waals surface area (Å²) in [4.78, 5) is 7.12. The second kappa shape index (κ2) is 9.73. The Hall–Kier alpha value is -2.35. The monoisotopic (exact) mass is 372 g/mol. The zero-order valence-corrected chi connectivity index (χ0v) is 16.9. The molecule has 0 atom stereocenters. The number of pyridine rings is 1. The van der Waals surface area contributed by atoms with Crippen LogP contribution in [-0.4, -0.2) is 11.5 Å². The Morgan fingerprint density at radius 2 is 1.57 bits per heavy atom. The van der Waals surface area contributed by atoms with E-state index in [4.69, 9.17) is 4.98 Å². The van der Waals surface area contributed by atoms with Crippen LogP contribution < -0.4 is 4.90 Å². The normalized spacial score (nSPS) is 15.0. The van der Waals surface area contributed by atoms with Gasteiger partial charge in [-0.3, -0.25) is 4.98 Å². The number of aromatic nitrogens is 1. The number of rotatable bonds is 8. The molecule has 2 nitrogen and oxygen atoms in total. The first-order valence-electron chi connectivity index (χ1n) is 11.1. The van der Waals surface area contributed by atoms with Gasteiger partial charge in [-0.1, -0.05) is 87.8 Å². The van der Waals surface area contributed by atoms with E-state index in [0.29, 0.717) is 0 Å². The van der Waals surface area contributed by atoms with Crippen LogP contribution in [0.3, 0.4) is 0 Å². The van der Waals surface area contributed by atoms with Gasteiger partial charge in [0.15, 0.2) is 0 Å². The molecule has 1 fully saturated rings. The lowest BCUT2D eigenvalue weighted by Gasteiger charge is -2.25. The molecule has 3 aromatic rings. The first-order valence-corrected chi connectivity index (χ1v) is 11.1. The van der Waals surface area contributed by atoms with Gasteiger partial charge >= 0.3 is 0 Å². The molecule has 0 spiro atoms. The predicted octanol–water partition coefficient (Wildman–Crippen LogP) is 7.51. The lowest BCUT2D eigenvalue weighted by Crippen LogP contribution is -2.18. The molecule has 2 heteroatoms. The van der Waals surface area contributed by atoms with E-state index in [-0.39, 0.29) is 0 Å². The number of nitrogens with zero attached hydrogens (tertiary/aromatic N) is 2. The van der Waals surface area contributed by atoms with Crippen molar-refractivity contribution in [3.8, 4) is 0 Å². The molecule has 1 heterocycles. The lowest BCUT2D eigenvalue weighted by molar-refractivity contribution is 0.329. The average molecular weight is 373 g/mol. The van der Waals surface area contributed by atoms with Crippen LogP contribution in [0.15, 0.2) is 66.9 Å². The highest BCUT2D eigenvalue weighted by molar-refractivity contribution is 5.82. The van der Waals surface area contributed by atoms with Crippen LogP contribution >= 0.6 is 0 Å². The molecule has 2 aromatic carbocycles. The third-order valence-electron chi connectivity index (χ3n) is 6.17. The molecule has 0 bridgehead atoms. The van der Waals surface area contributed by atoms with Crippen LogP contribution in [0.25, 0.3) is 10.9 Å². The van der Waals surface area contributed by atoms with Crippen molar-refractivity contribution in [1.82, 2.24) is 4.98 Å². The van der Waals surface area contributed by atoms with Gasteiger partial charge in [-0.15, -0.1) is 0 Å². The number of hydrogen-bond acceptors (Lipinski definition) is 2. The van der Waals surface area contributed by atoms with Crippen LogP contribution in [0.1, 0.15) is 57.8 Å². The fourth-order valence-electron chi connectivity index (χ4n) is 4.58. The summed E-state index contributed by atoms with van der Waals surface area (Å²) in [6.07, 6.45) is 14.7. The van der Waals surface area contributed by atoms with Gasteiger partial charge in [-0.25, -0.2) is 0 Å². The summed E-state index contributed by atoms with van der Waals surface area (Å²) >= 11 is 0.